The highest BCUT2D eigenvalue weighted by molar-refractivity contribution is 9.10. The second kappa shape index (κ2) is 7.01. The maximum absolute atomic E-state index is 12.4. The van der Waals surface area contributed by atoms with Crippen molar-refractivity contribution in [3.8, 4) is 0 Å². The zero-order valence-electron chi connectivity index (χ0n) is 12.5. The lowest BCUT2D eigenvalue weighted by Crippen LogP contribution is -2.21. The Balaban J connectivity index is 2.00. The molecule has 0 saturated heterocycles. The van der Waals surface area contributed by atoms with Crippen molar-refractivity contribution in [2.24, 2.45) is 0 Å². The second-order valence-electron chi connectivity index (χ2n) is 5.25. The van der Waals surface area contributed by atoms with E-state index in [1.165, 1.54) is 5.56 Å². The Hall–Kier alpha value is -1.45. The lowest BCUT2D eigenvalue weighted by atomic mass is 10.0. The SMILES string of the molecule is Cc1ccc(C(=O)C(C)OCc2cccc(Br)c2)cc1C. The summed E-state index contributed by atoms with van der Waals surface area (Å²) in [6.07, 6.45) is -0.453. The quantitative estimate of drug-likeness (QED) is 0.723. The minimum Gasteiger partial charge on any atom is -0.366 e. The van der Waals surface area contributed by atoms with Gasteiger partial charge < -0.3 is 4.74 Å². The van der Waals surface area contributed by atoms with E-state index in [4.69, 9.17) is 4.74 Å². The molecule has 0 aliphatic heterocycles. The van der Waals surface area contributed by atoms with Gasteiger partial charge in [0.15, 0.2) is 5.78 Å². The van der Waals surface area contributed by atoms with Crippen LogP contribution < -0.4 is 0 Å². The van der Waals surface area contributed by atoms with Gasteiger partial charge in [-0.05, 0) is 55.7 Å². The average Bonchev–Trinajstić information content (AvgIpc) is 2.47. The predicted octanol–water partition coefficient (Wildman–Crippen LogP) is 4.85. The van der Waals surface area contributed by atoms with E-state index in [9.17, 15) is 4.79 Å². The molecule has 0 heterocycles. The molecule has 0 fully saturated rings. The van der Waals surface area contributed by atoms with Crippen molar-refractivity contribution in [2.75, 3.05) is 0 Å². The van der Waals surface area contributed by atoms with Crippen LogP contribution in [-0.2, 0) is 11.3 Å². The number of benzene rings is 2. The summed E-state index contributed by atoms with van der Waals surface area (Å²) in [4.78, 5) is 12.4. The van der Waals surface area contributed by atoms with Crippen molar-refractivity contribution in [1.82, 2.24) is 0 Å². The zero-order chi connectivity index (χ0) is 15.4. The third kappa shape index (κ3) is 4.26. The van der Waals surface area contributed by atoms with Crippen LogP contribution in [0.5, 0.6) is 0 Å². The van der Waals surface area contributed by atoms with Crippen molar-refractivity contribution in [3.05, 3.63) is 69.2 Å². The van der Waals surface area contributed by atoms with E-state index in [1.807, 2.05) is 56.3 Å². The third-order valence-corrected chi connectivity index (χ3v) is 4.04. The van der Waals surface area contributed by atoms with Gasteiger partial charge in [0.05, 0.1) is 6.61 Å². The Kier molecular flexibility index (Phi) is 5.32. The normalized spacial score (nSPS) is 12.2. The fraction of sp³-hybridized carbons (Fsp3) is 0.278. The minimum absolute atomic E-state index is 0.0214. The standard InChI is InChI=1S/C18H19BrO2/c1-12-7-8-16(9-13(12)2)18(20)14(3)21-11-15-5-4-6-17(19)10-15/h4-10,14H,11H2,1-3H3. The Morgan fingerprint density at radius 1 is 1.14 bits per heavy atom. The molecule has 2 nitrogen and oxygen atoms in total. The highest BCUT2D eigenvalue weighted by Crippen LogP contribution is 2.16. The molecule has 2 rings (SSSR count). The first-order chi connectivity index (χ1) is 9.97. The van der Waals surface area contributed by atoms with Gasteiger partial charge in [0, 0.05) is 10.0 Å². The van der Waals surface area contributed by atoms with Crippen LogP contribution >= 0.6 is 15.9 Å². The van der Waals surface area contributed by atoms with E-state index >= 15 is 0 Å². The Morgan fingerprint density at radius 2 is 1.90 bits per heavy atom. The number of ether oxygens (including phenoxy) is 1. The van der Waals surface area contributed by atoms with Crippen LogP contribution in [0.1, 0.15) is 34.0 Å². The molecule has 21 heavy (non-hydrogen) atoms. The molecule has 0 spiro atoms. The van der Waals surface area contributed by atoms with Crippen LogP contribution in [0.25, 0.3) is 0 Å². The molecular weight excluding hydrogens is 328 g/mol. The van der Waals surface area contributed by atoms with Gasteiger partial charge in [-0.15, -0.1) is 0 Å². The van der Waals surface area contributed by atoms with E-state index in [-0.39, 0.29) is 5.78 Å². The van der Waals surface area contributed by atoms with Gasteiger partial charge in [-0.1, -0.05) is 40.2 Å². The largest absolute Gasteiger partial charge is 0.366 e. The van der Waals surface area contributed by atoms with E-state index in [0.29, 0.717) is 12.2 Å². The maximum atomic E-state index is 12.4. The van der Waals surface area contributed by atoms with Gasteiger partial charge in [-0.25, -0.2) is 0 Å². The number of halogens is 1. The fourth-order valence-electron chi connectivity index (χ4n) is 2.05. The van der Waals surface area contributed by atoms with E-state index in [1.54, 1.807) is 6.92 Å². The lowest BCUT2D eigenvalue weighted by molar-refractivity contribution is 0.0412. The molecule has 0 aromatic heterocycles. The van der Waals surface area contributed by atoms with Gasteiger partial charge in [0.1, 0.15) is 6.10 Å². The van der Waals surface area contributed by atoms with Crippen LogP contribution in [0.3, 0.4) is 0 Å². The van der Waals surface area contributed by atoms with Gasteiger partial charge in [-0.2, -0.15) is 0 Å². The first kappa shape index (κ1) is 15.9. The predicted molar refractivity (Wildman–Crippen MR) is 88.6 cm³/mol. The number of rotatable bonds is 5. The summed E-state index contributed by atoms with van der Waals surface area (Å²) in [5, 5.41) is 0. The highest BCUT2D eigenvalue weighted by atomic mass is 79.9. The molecule has 0 saturated carbocycles. The van der Waals surface area contributed by atoms with Crippen LogP contribution in [0, 0.1) is 13.8 Å². The van der Waals surface area contributed by atoms with Crippen molar-refractivity contribution in [2.45, 2.75) is 33.5 Å². The average molecular weight is 347 g/mol. The van der Waals surface area contributed by atoms with E-state index in [0.717, 1.165) is 15.6 Å². The topological polar surface area (TPSA) is 26.3 Å². The molecule has 1 unspecified atom stereocenters. The number of aryl methyl sites for hydroxylation is 2. The summed E-state index contributed by atoms with van der Waals surface area (Å²) in [6.45, 7) is 6.28. The van der Waals surface area contributed by atoms with Crippen molar-refractivity contribution >= 4 is 21.7 Å². The molecule has 3 heteroatoms. The molecule has 1 atom stereocenters. The summed E-state index contributed by atoms with van der Waals surface area (Å²) < 4.78 is 6.71. The Morgan fingerprint density at radius 3 is 2.57 bits per heavy atom. The van der Waals surface area contributed by atoms with Crippen LogP contribution in [0.15, 0.2) is 46.9 Å². The van der Waals surface area contributed by atoms with E-state index in [2.05, 4.69) is 15.9 Å². The van der Waals surface area contributed by atoms with Gasteiger partial charge in [0.2, 0.25) is 0 Å². The number of Topliss-reactive ketones (excluding diaryl/α,β-unsaturated/α-hetero) is 1. The maximum Gasteiger partial charge on any atom is 0.191 e. The van der Waals surface area contributed by atoms with Crippen molar-refractivity contribution in [1.29, 1.82) is 0 Å². The fourth-order valence-corrected chi connectivity index (χ4v) is 2.50. The summed E-state index contributed by atoms with van der Waals surface area (Å²) in [7, 11) is 0. The summed E-state index contributed by atoms with van der Waals surface area (Å²) in [6, 6.07) is 13.7. The van der Waals surface area contributed by atoms with Crippen LogP contribution in [0.4, 0.5) is 0 Å². The monoisotopic (exact) mass is 346 g/mol. The molecule has 0 aliphatic rings. The Labute approximate surface area is 134 Å². The molecule has 0 bridgehead atoms. The molecule has 2 aromatic carbocycles. The second-order valence-corrected chi connectivity index (χ2v) is 6.16. The zero-order valence-corrected chi connectivity index (χ0v) is 14.1. The molecule has 110 valence electrons. The summed E-state index contributed by atoms with van der Waals surface area (Å²) in [5.41, 5.74) is 4.07. The van der Waals surface area contributed by atoms with Crippen LogP contribution in [-0.4, -0.2) is 11.9 Å². The number of carbonyl (C=O) groups excluding carboxylic acids is 1. The van der Waals surface area contributed by atoms with Crippen molar-refractivity contribution in [3.63, 3.8) is 0 Å². The number of carbonyl (C=O) groups is 1. The van der Waals surface area contributed by atoms with Gasteiger partial charge in [0.25, 0.3) is 0 Å². The Bertz CT molecular complexity index is 649. The molecule has 0 amide bonds. The molecule has 0 N–H and O–H groups in total. The van der Waals surface area contributed by atoms with Gasteiger partial charge >= 0.3 is 0 Å². The smallest absolute Gasteiger partial charge is 0.191 e. The molecule has 0 radical (unpaired) electrons. The van der Waals surface area contributed by atoms with Crippen molar-refractivity contribution < 1.29 is 9.53 Å². The minimum atomic E-state index is -0.453. The lowest BCUT2D eigenvalue weighted by Gasteiger charge is -2.13. The summed E-state index contributed by atoms with van der Waals surface area (Å²) >= 11 is 3.43. The van der Waals surface area contributed by atoms with Crippen LogP contribution in [0.2, 0.25) is 0 Å². The summed E-state index contributed by atoms with van der Waals surface area (Å²) in [5.74, 6) is 0.0214. The molecule has 2 aromatic rings. The van der Waals surface area contributed by atoms with Gasteiger partial charge in [-0.3, -0.25) is 4.79 Å². The molecule has 0 aliphatic carbocycles. The number of hydrogen-bond acceptors (Lipinski definition) is 2. The van der Waals surface area contributed by atoms with E-state index < -0.39 is 6.10 Å². The number of ketones is 1. The number of hydrogen-bond donors (Lipinski definition) is 0. The first-order valence-electron chi connectivity index (χ1n) is 6.95. The first-order valence-corrected chi connectivity index (χ1v) is 7.74. The molecular formula is C18H19BrO2. The highest BCUT2D eigenvalue weighted by Gasteiger charge is 2.16. The third-order valence-electron chi connectivity index (χ3n) is 3.55.